The minimum atomic E-state index is 0.351. The Balaban J connectivity index is 1.27. The molecule has 0 bridgehead atoms. The number of halogens is 1. The van der Waals surface area contributed by atoms with Crippen LogP contribution < -0.4 is 10.5 Å². The monoisotopic (exact) mass is 460 g/mol. The predicted molar refractivity (Wildman–Crippen MR) is 130 cm³/mol. The van der Waals surface area contributed by atoms with Crippen LogP contribution in [0.15, 0.2) is 59.0 Å². The molecule has 1 aliphatic carbocycles. The summed E-state index contributed by atoms with van der Waals surface area (Å²) in [4.78, 5) is 22.7. The minimum absolute atomic E-state index is 0.351. The van der Waals surface area contributed by atoms with E-state index in [1.807, 2.05) is 24.7 Å². The van der Waals surface area contributed by atoms with E-state index in [4.69, 9.17) is 21.6 Å². The van der Waals surface area contributed by atoms with Gasteiger partial charge in [-0.25, -0.2) is 9.97 Å². The van der Waals surface area contributed by atoms with Gasteiger partial charge in [-0.1, -0.05) is 29.4 Å². The smallest absolute Gasteiger partial charge is 0.210 e. The highest BCUT2D eigenvalue weighted by Crippen LogP contribution is 2.44. The Morgan fingerprint density at radius 3 is 2.66 bits per heavy atom. The molecule has 32 heavy (non-hydrogen) atoms. The van der Waals surface area contributed by atoms with Crippen LogP contribution in [0.1, 0.15) is 24.1 Å². The minimum Gasteiger partial charge on any atom is -0.342 e. The molecule has 2 aliphatic rings. The van der Waals surface area contributed by atoms with Crippen LogP contribution in [0.2, 0.25) is 5.02 Å². The van der Waals surface area contributed by atoms with Gasteiger partial charge in [0.05, 0.1) is 9.92 Å². The van der Waals surface area contributed by atoms with Crippen molar-refractivity contribution in [3.63, 3.8) is 0 Å². The number of anilines is 1. The predicted octanol–water partition coefficient (Wildman–Crippen LogP) is 2.97. The molecule has 0 radical (unpaired) electrons. The molecule has 4 aromatic rings. The van der Waals surface area contributed by atoms with Gasteiger partial charge < -0.3 is 4.90 Å². The van der Waals surface area contributed by atoms with E-state index in [0.717, 1.165) is 65.8 Å². The molecule has 6 rings (SSSR count). The van der Waals surface area contributed by atoms with E-state index < -0.39 is 0 Å². The zero-order valence-electron chi connectivity index (χ0n) is 17.8. The molecule has 0 unspecified atom stereocenters. The maximum atomic E-state index is 6.33. The largest absolute Gasteiger partial charge is 0.342 e. The van der Waals surface area contributed by atoms with E-state index in [0.29, 0.717) is 10.4 Å². The van der Waals surface area contributed by atoms with Crippen molar-refractivity contribution in [2.24, 2.45) is 5.41 Å². The Hall–Kier alpha value is -2.58. The van der Waals surface area contributed by atoms with Gasteiger partial charge in [-0.2, -0.15) is 0 Å². The zero-order chi connectivity index (χ0) is 21.7. The van der Waals surface area contributed by atoms with Crippen LogP contribution in [-0.4, -0.2) is 45.3 Å². The van der Waals surface area contributed by atoms with E-state index in [2.05, 4.69) is 39.2 Å². The highest BCUT2D eigenvalue weighted by molar-refractivity contribution is 7.99. The Kier molecular flexibility index (Phi) is 4.88. The third kappa shape index (κ3) is 3.37. The van der Waals surface area contributed by atoms with Gasteiger partial charge >= 0.3 is 0 Å². The molecule has 0 amide bonds. The second kappa shape index (κ2) is 7.78. The molecule has 0 aromatic carbocycles. The molecule has 1 spiro atoms. The quantitative estimate of drug-likeness (QED) is 0.438. The van der Waals surface area contributed by atoms with Crippen LogP contribution in [0.25, 0.3) is 5.65 Å². The van der Waals surface area contributed by atoms with Gasteiger partial charge in [-0.15, -0.1) is 0 Å². The number of imidazole rings is 1. The van der Waals surface area contributed by atoms with Gasteiger partial charge in [0.1, 0.15) is 0 Å². The molecule has 0 saturated carbocycles. The van der Waals surface area contributed by atoms with Gasteiger partial charge in [-0.05, 0) is 48.8 Å². The fraction of sp³-hybridized carbons (Fsp3) is 0.304. The van der Waals surface area contributed by atoms with Crippen molar-refractivity contribution in [3.8, 4) is 0 Å². The Bertz CT molecular complexity index is 1290. The van der Waals surface area contributed by atoms with Gasteiger partial charge in [-0.3, -0.25) is 14.4 Å². The number of fused-ring (bicyclic) bond motifs is 2. The first kappa shape index (κ1) is 20.1. The number of aromatic nitrogens is 5. The van der Waals surface area contributed by atoms with Crippen LogP contribution in [0.3, 0.4) is 0 Å². The number of hydrogen-bond acceptors (Lipinski definition) is 6. The topological polar surface area (TPSA) is 59.2 Å². The second-order valence-electron chi connectivity index (χ2n) is 8.84. The van der Waals surface area contributed by atoms with Gasteiger partial charge in [0.15, 0.2) is 13.5 Å². The van der Waals surface area contributed by atoms with E-state index >= 15 is 0 Å². The summed E-state index contributed by atoms with van der Waals surface area (Å²) in [7, 11) is 2.09. The fourth-order valence-electron chi connectivity index (χ4n) is 5.10. The molecule has 0 atom stereocenters. The molecule has 160 valence electrons. The second-order valence-corrected chi connectivity index (χ2v) is 10.3. The highest BCUT2D eigenvalue weighted by Gasteiger charge is 2.41. The Morgan fingerprint density at radius 2 is 1.84 bits per heavy atom. The van der Waals surface area contributed by atoms with Gasteiger partial charge in [0.25, 0.3) is 0 Å². The SMILES string of the molecule is Bc1cnc2c(Sc3ccncc3Cl)cnc(N3CCC4(CC3)Cc3cccnc3C4)n12. The van der Waals surface area contributed by atoms with Gasteiger partial charge in [0, 0.05) is 60.3 Å². The molecule has 0 N–H and O–H groups in total. The summed E-state index contributed by atoms with van der Waals surface area (Å²) in [6, 6.07) is 6.23. The van der Waals surface area contributed by atoms with Crippen molar-refractivity contribution in [2.45, 2.75) is 35.5 Å². The van der Waals surface area contributed by atoms with E-state index in [-0.39, 0.29) is 0 Å². The third-order valence-corrected chi connectivity index (χ3v) is 8.31. The molecule has 6 nitrogen and oxygen atoms in total. The number of pyridine rings is 2. The molecule has 4 aromatic heterocycles. The summed E-state index contributed by atoms with van der Waals surface area (Å²) < 4.78 is 2.18. The summed E-state index contributed by atoms with van der Waals surface area (Å²) in [5.41, 5.74) is 5.09. The average Bonchev–Trinajstić information content (AvgIpc) is 3.37. The lowest BCUT2D eigenvalue weighted by molar-refractivity contribution is 0.230. The van der Waals surface area contributed by atoms with Crippen LogP contribution in [0.5, 0.6) is 0 Å². The van der Waals surface area contributed by atoms with Gasteiger partial charge in [0.2, 0.25) is 5.95 Å². The molecule has 9 heteroatoms. The first-order valence-electron chi connectivity index (χ1n) is 10.9. The first-order valence-corrected chi connectivity index (χ1v) is 12.1. The zero-order valence-corrected chi connectivity index (χ0v) is 19.4. The van der Waals surface area contributed by atoms with Crippen LogP contribution >= 0.6 is 23.4 Å². The summed E-state index contributed by atoms with van der Waals surface area (Å²) in [5.74, 6) is 0.976. The standard InChI is InChI=1S/C23H22BClN6S/c24-20-14-28-21-19(32-18-3-7-26-12-16(18)25)13-29-22(31(20)21)30-8-4-23(5-9-30)10-15-2-1-6-27-17(15)11-23/h1-3,6-7,12-14H,4-5,8-11,24H2. The molecule has 1 fully saturated rings. The lowest BCUT2D eigenvalue weighted by Gasteiger charge is -2.40. The van der Waals surface area contributed by atoms with Crippen molar-refractivity contribution in [2.75, 3.05) is 18.0 Å². The van der Waals surface area contributed by atoms with Crippen molar-refractivity contribution >= 4 is 48.4 Å². The van der Waals surface area contributed by atoms with Crippen LogP contribution in [0.4, 0.5) is 5.95 Å². The Labute approximate surface area is 196 Å². The maximum absolute atomic E-state index is 6.33. The van der Waals surface area contributed by atoms with Crippen LogP contribution in [-0.2, 0) is 12.8 Å². The highest BCUT2D eigenvalue weighted by atomic mass is 35.5. The first-order chi connectivity index (χ1) is 15.6. The molecule has 5 heterocycles. The Morgan fingerprint density at radius 1 is 0.969 bits per heavy atom. The van der Waals surface area contributed by atoms with Crippen molar-refractivity contribution in [1.29, 1.82) is 0 Å². The lowest BCUT2D eigenvalue weighted by atomic mass is 9.76. The molecular formula is C23H22BClN6S. The van der Waals surface area contributed by atoms with Crippen molar-refractivity contribution in [1.82, 2.24) is 24.3 Å². The maximum Gasteiger partial charge on any atom is 0.210 e. The van der Waals surface area contributed by atoms with E-state index in [1.165, 1.54) is 11.3 Å². The summed E-state index contributed by atoms with van der Waals surface area (Å²) in [5, 5.41) is 0.636. The molecular weight excluding hydrogens is 439 g/mol. The van der Waals surface area contributed by atoms with Crippen molar-refractivity contribution < 1.29 is 0 Å². The van der Waals surface area contributed by atoms with E-state index in [1.54, 1.807) is 24.2 Å². The third-order valence-electron chi connectivity index (χ3n) is 6.81. The lowest BCUT2D eigenvalue weighted by Crippen LogP contribution is -2.42. The summed E-state index contributed by atoms with van der Waals surface area (Å²) in [6.07, 6.45) is 13.8. The normalized spacial score (nSPS) is 17.2. The van der Waals surface area contributed by atoms with Crippen LogP contribution in [0, 0.1) is 5.41 Å². The number of piperidine rings is 1. The average molecular weight is 461 g/mol. The summed E-state index contributed by atoms with van der Waals surface area (Å²) in [6.45, 7) is 1.99. The van der Waals surface area contributed by atoms with Crippen molar-refractivity contribution in [3.05, 3.63) is 65.5 Å². The molecule has 1 saturated heterocycles. The molecule has 1 aliphatic heterocycles. The fourth-order valence-corrected chi connectivity index (χ4v) is 6.19. The number of rotatable bonds is 3. The summed E-state index contributed by atoms with van der Waals surface area (Å²) >= 11 is 7.91. The number of hydrogen-bond donors (Lipinski definition) is 0. The van der Waals surface area contributed by atoms with E-state index in [9.17, 15) is 0 Å². The number of nitrogens with zero attached hydrogens (tertiary/aromatic N) is 6.